The van der Waals surface area contributed by atoms with Crippen molar-refractivity contribution in [1.29, 1.82) is 0 Å². The van der Waals surface area contributed by atoms with Crippen LogP contribution in [0.1, 0.15) is 34.1 Å². The van der Waals surface area contributed by atoms with Gasteiger partial charge in [-0.05, 0) is 18.3 Å². The third-order valence-corrected chi connectivity index (χ3v) is 2.09. The molecule has 0 radical (unpaired) electrons. The van der Waals surface area contributed by atoms with Crippen LogP contribution in [0.25, 0.3) is 0 Å². The summed E-state index contributed by atoms with van der Waals surface area (Å²) in [4.78, 5) is 13.3. The molecule has 84 valence electrons. The average molecular weight is 200 g/mol. The molecule has 3 heteroatoms. The molecule has 0 aromatic heterocycles. The molecule has 0 heterocycles. The molecule has 2 N–H and O–H groups in total. The SMILES string of the molecule is CC(C)CCN(CC(C)C)C(=O)CN. The van der Waals surface area contributed by atoms with Crippen molar-refractivity contribution >= 4 is 5.91 Å². The first kappa shape index (κ1) is 13.4. The van der Waals surface area contributed by atoms with E-state index in [9.17, 15) is 4.79 Å². The normalized spacial score (nSPS) is 11.1. The van der Waals surface area contributed by atoms with Gasteiger partial charge >= 0.3 is 0 Å². The molecule has 0 saturated carbocycles. The lowest BCUT2D eigenvalue weighted by Crippen LogP contribution is -2.39. The second-order valence-electron chi connectivity index (χ2n) is 4.62. The number of nitrogens with two attached hydrogens (primary N) is 1. The average Bonchev–Trinajstić information content (AvgIpc) is 2.10. The van der Waals surface area contributed by atoms with E-state index in [1.807, 2.05) is 4.90 Å². The van der Waals surface area contributed by atoms with Crippen LogP contribution in [0.3, 0.4) is 0 Å². The lowest BCUT2D eigenvalue weighted by Gasteiger charge is -2.24. The van der Waals surface area contributed by atoms with Gasteiger partial charge < -0.3 is 10.6 Å². The Morgan fingerprint density at radius 3 is 2.14 bits per heavy atom. The van der Waals surface area contributed by atoms with Crippen LogP contribution < -0.4 is 5.73 Å². The van der Waals surface area contributed by atoms with Gasteiger partial charge in [0.2, 0.25) is 5.91 Å². The highest BCUT2D eigenvalue weighted by molar-refractivity contribution is 5.77. The molecule has 0 spiro atoms. The molecule has 0 atom stereocenters. The topological polar surface area (TPSA) is 46.3 Å². The number of amides is 1. The molecule has 1 amide bonds. The first-order chi connectivity index (χ1) is 6.47. The monoisotopic (exact) mass is 200 g/mol. The Morgan fingerprint density at radius 1 is 1.21 bits per heavy atom. The maximum Gasteiger partial charge on any atom is 0.236 e. The summed E-state index contributed by atoms with van der Waals surface area (Å²) in [6, 6.07) is 0. The Labute approximate surface area is 87.6 Å². The summed E-state index contributed by atoms with van der Waals surface area (Å²) in [6.45, 7) is 10.4. The molecule has 14 heavy (non-hydrogen) atoms. The van der Waals surface area contributed by atoms with Gasteiger partial charge in [0.05, 0.1) is 6.54 Å². The Kier molecular flexibility index (Phi) is 6.54. The number of nitrogens with zero attached hydrogens (tertiary/aromatic N) is 1. The Balaban J connectivity index is 4.04. The Bertz CT molecular complexity index is 167. The van der Waals surface area contributed by atoms with Crippen molar-refractivity contribution in [3.63, 3.8) is 0 Å². The molecule has 0 aromatic rings. The lowest BCUT2D eigenvalue weighted by atomic mass is 10.1. The van der Waals surface area contributed by atoms with E-state index in [4.69, 9.17) is 5.73 Å². The molecule has 0 unspecified atom stereocenters. The first-order valence-electron chi connectivity index (χ1n) is 5.45. The van der Waals surface area contributed by atoms with Crippen molar-refractivity contribution in [3.8, 4) is 0 Å². The summed E-state index contributed by atoms with van der Waals surface area (Å²) in [5, 5.41) is 0. The lowest BCUT2D eigenvalue weighted by molar-refractivity contribution is -0.130. The van der Waals surface area contributed by atoms with Gasteiger partial charge in [-0.3, -0.25) is 4.79 Å². The predicted octanol–water partition coefficient (Wildman–Crippen LogP) is 1.48. The molecule has 0 aromatic carbocycles. The quantitative estimate of drug-likeness (QED) is 0.706. The molecule has 0 aliphatic carbocycles. The smallest absolute Gasteiger partial charge is 0.236 e. The zero-order chi connectivity index (χ0) is 11.1. The zero-order valence-corrected chi connectivity index (χ0v) is 9.92. The highest BCUT2D eigenvalue weighted by atomic mass is 16.2. The molecule has 0 rings (SSSR count). The van der Waals surface area contributed by atoms with E-state index in [0.29, 0.717) is 11.8 Å². The fourth-order valence-electron chi connectivity index (χ4n) is 1.30. The van der Waals surface area contributed by atoms with Crippen LogP contribution >= 0.6 is 0 Å². The van der Waals surface area contributed by atoms with E-state index in [0.717, 1.165) is 19.5 Å². The number of rotatable bonds is 6. The van der Waals surface area contributed by atoms with Gasteiger partial charge in [0, 0.05) is 13.1 Å². The van der Waals surface area contributed by atoms with E-state index in [-0.39, 0.29) is 12.5 Å². The fraction of sp³-hybridized carbons (Fsp3) is 0.909. The molecule has 3 nitrogen and oxygen atoms in total. The molecule has 0 fully saturated rings. The van der Waals surface area contributed by atoms with Crippen molar-refractivity contribution in [2.24, 2.45) is 17.6 Å². The van der Waals surface area contributed by atoms with Crippen LogP contribution in [0.15, 0.2) is 0 Å². The number of hydrogen-bond donors (Lipinski definition) is 1. The summed E-state index contributed by atoms with van der Waals surface area (Å²) < 4.78 is 0. The van der Waals surface area contributed by atoms with E-state index in [1.54, 1.807) is 0 Å². The van der Waals surface area contributed by atoms with Gasteiger partial charge in [0.15, 0.2) is 0 Å². The van der Waals surface area contributed by atoms with Crippen LogP contribution in [-0.4, -0.2) is 30.4 Å². The fourth-order valence-corrected chi connectivity index (χ4v) is 1.30. The summed E-state index contributed by atoms with van der Waals surface area (Å²) in [6.07, 6.45) is 1.05. The Morgan fingerprint density at radius 2 is 1.79 bits per heavy atom. The molecule has 0 aliphatic heterocycles. The van der Waals surface area contributed by atoms with E-state index in [2.05, 4.69) is 27.7 Å². The van der Waals surface area contributed by atoms with Gasteiger partial charge in [-0.1, -0.05) is 27.7 Å². The van der Waals surface area contributed by atoms with Crippen LogP contribution in [0.5, 0.6) is 0 Å². The van der Waals surface area contributed by atoms with Crippen LogP contribution in [0, 0.1) is 11.8 Å². The Hall–Kier alpha value is -0.570. The van der Waals surface area contributed by atoms with Gasteiger partial charge in [-0.2, -0.15) is 0 Å². The van der Waals surface area contributed by atoms with E-state index < -0.39 is 0 Å². The molecule has 0 saturated heterocycles. The largest absolute Gasteiger partial charge is 0.341 e. The van der Waals surface area contributed by atoms with Gasteiger partial charge in [-0.15, -0.1) is 0 Å². The van der Waals surface area contributed by atoms with Gasteiger partial charge in [0.25, 0.3) is 0 Å². The summed E-state index contributed by atoms with van der Waals surface area (Å²) >= 11 is 0. The number of hydrogen-bond acceptors (Lipinski definition) is 2. The third-order valence-electron chi connectivity index (χ3n) is 2.09. The summed E-state index contributed by atoms with van der Waals surface area (Å²) in [7, 11) is 0. The highest BCUT2D eigenvalue weighted by Crippen LogP contribution is 2.05. The van der Waals surface area contributed by atoms with Crippen LogP contribution in [0.2, 0.25) is 0 Å². The zero-order valence-electron chi connectivity index (χ0n) is 9.92. The third kappa shape index (κ3) is 5.97. The first-order valence-corrected chi connectivity index (χ1v) is 5.45. The minimum Gasteiger partial charge on any atom is -0.341 e. The van der Waals surface area contributed by atoms with E-state index >= 15 is 0 Å². The van der Waals surface area contributed by atoms with Crippen molar-refractivity contribution in [3.05, 3.63) is 0 Å². The highest BCUT2D eigenvalue weighted by Gasteiger charge is 2.13. The van der Waals surface area contributed by atoms with Crippen molar-refractivity contribution < 1.29 is 4.79 Å². The predicted molar refractivity (Wildman–Crippen MR) is 59.9 cm³/mol. The van der Waals surface area contributed by atoms with Crippen LogP contribution in [-0.2, 0) is 4.79 Å². The standard InChI is InChI=1S/C11H24N2O/c1-9(2)5-6-13(8-10(3)4)11(14)7-12/h9-10H,5-8,12H2,1-4H3. The molecular weight excluding hydrogens is 176 g/mol. The van der Waals surface area contributed by atoms with Gasteiger partial charge in [-0.25, -0.2) is 0 Å². The van der Waals surface area contributed by atoms with E-state index in [1.165, 1.54) is 0 Å². The van der Waals surface area contributed by atoms with Gasteiger partial charge in [0.1, 0.15) is 0 Å². The maximum absolute atomic E-state index is 11.5. The number of carbonyl (C=O) groups is 1. The minimum absolute atomic E-state index is 0.0688. The van der Waals surface area contributed by atoms with Crippen molar-refractivity contribution in [1.82, 2.24) is 4.90 Å². The summed E-state index contributed by atoms with van der Waals surface area (Å²) in [5.41, 5.74) is 5.36. The maximum atomic E-state index is 11.5. The summed E-state index contributed by atoms with van der Waals surface area (Å²) in [5.74, 6) is 1.22. The van der Waals surface area contributed by atoms with Crippen LogP contribution in [0.4, 0.5) is 0 Å². The minimum atomic E-state index is 0.0688. The van der Waals surface area contributed by atoms with Crippen molar-refractivity contribution in [2.45, 2.75) is 34.1 Å². The molecule has 0 bridgehead atoms. The number of carbonyl (C=O) groups excluding carboxylic acids is 1. The van der Waals surface area contributed by atoms with Crippen molar-refractivity contribution in [2.75, 3.05) is 19.6 Å². The second-order valence-corrected chi connectivity index (χ2v) is 4.62. The molecule has 0 aliphatic rings. The molecular formula is C11H24N2O. The second kappa shape index (κ2) is 6.82.